The first-order chi connectivity index (χ1) is 9.65. The maximum absolute atomic E-state index is 5.81. The molecule has 0 saturated carbocycles. The SMILES string of the molecule is CC(C)CNC(N)=NCc1cccc(-c2ncn[nH]2)c1. The predicted molar refractivity (Wildman–Crippen MR) is 80.0 cm³/mol. The van der Waals surface area contributed by atoms with Crippen LogP contribution in [0.3, 0.4) is 0 Å². The van der Waals surface area contributed by atoms with Gasteiger partial charge in [0.1, 0.15) is 6.33 Å². The summed E-state index contributed by atoms with van der Waals surface area (Å²) in [7, 11) is 0. The summed E-state index contributed by atoms with van der Waals surface area (Å²) in [5.41, 5.74) is 7.88. The summed E-state index contributed by atoms with van der Waals surface area (Å²) < 4.78 is 0. The third-order valence-corrected chi connectivity index (χ3v) is 2.74. The van der Waals surface area contributed by atoms with Crippen LogP contribution in [0.15, 0.2) is 35.6 Å². The molecule has 6 heteroatoms. The van der Waals surface area contributed by atoms with E-state index in [9.17, 15) is 0 Å². The van der Waals surface area contributed by atoms with Gasteiger partial charge in [0.05, 0.1) is 6.54 Å². The molecule has 1 heterocycles. The lowest BCUT2D eigenvalue weighted by Crippen LogP contribution is -2.34. The van der Waals surface area contributed by atoms with Gasteiger partial charge in [-0.15, -0.1) is 0 Å². The Bertz CT molecular complexity index is 559. The molecule has 0 radical (unpaired) electrons. The van der Waals surface area contributed by atoms with Crippen LogP contribution in [0, 0.1) is 5.92 Å². The molecule has 4 N–H and O–H groups in total. The minimum atomic E-state index is 0.476. The fourth-order valence-electron chi connectivity index (χ4n) is 1.70. The Morgan fingerprint density at radius 2 is 2.30 bits per heavy atom. The first-order valence-corrected chi connectivity index (χ1v) is 6.63. The van der Waals surface area contributed by atoms with Crippen molar-refractivity contribution in [1.29, 1.82) is 0 Å². The van der Waals surface area contributed by atoms with Crippen molar-refractivity contribution in [3.8, 4) is 11.4 Å². The van der Waals surface area contributed by atoms with Crippen molar-refractivity contribution in [2.45, 2.75) is 20.4 Å². The highest BCUT2D eigenvalue weighted by atomic mass is 15.2. The summed E-state index contributed by atoms with van der Waals surface area (Å²) >= 11 is 0. The minimum Gasteiger partial charge on any atom is -0.370 e. The highest BCUT2D eigenvalue weighted by Gasteiger charge is 2.01. The van der Waals surface area contributed by atoms with Gasteiger partial charge in [-0.1, -0.05) is 32.0 Å². The molecule has 2 aromatic rings. The third kappa shape index (κ3) is 4.08. The predicted octanol–water partition coefficient (Wildman–Crippen LogP) is 1.53. The number of hydrogen-bond donors (Lipinski definition) is 3. The van der Waals surface area contributed by atoms with Gasteiger partial charge in [0.15, 0.2) is 11.8 Å². The number of benzene rings is 1. The number of nitrogens with two attached hydrogens (primary N) is 1. The highest BCUT2D eigenvalue weighted by molar-refractivity contribution is 5.77. The van der Waals surface area contributed by atoms with E-state index in [2.05, 4.69) is 39.3 Å². The highest BCUT2D eigenvalue weighted by Crippen LogP contribution is 2.15. The van der Waals surface area contributed by atoms with Crippen LogP contribution in [0.1, 0.15) is 19.4 Å². The molecule has 0 aliphatic carbocycles. The van der Waals surface area contributed by atoms with E-state index in [1.54, 1.807) is 0 Å². The summed E-state index contributed by atoms with van der Waals surface area (Å²) in [5, 5.41) is 9.79. The van der Waals surface area contributed by atoms with Gasteiger partial charge in [0.2, 0.25) is 0 Å². The van der Waals surface area contributed by atoms with E-state index in [0.717, 1.165) is 23.5 Å². The Labute approximate surface area is 118 Å². The van der Waals surface area contributed by atoms with Gasteiger partial charge < -0.3 is 11.1 Å². The molecule has 0 unspecified atom stereocenters. The van der Waals surface area contributed by atoms with Crippen molar-refractivity contribution in [2.75, 3.05) is 6.54 Å². The van der Waals surface area contributed by atoms with Crippen LogP contribution in [0.5, 0.6) is 0 Å². The Hall–Kier alpha value is -2.37. The van der Waals surface area contributed by atoms with E-state index in [4.69, 9.17) is 5.73 Å². The molecule has 0 aliphatic rings. The summed E-state index contributed by atoms with van der Waals surface area (Å²) in [4.78, 5) is 8.46. The molecule has 0 bridgehead atoms. The maximum Gasteiger partial charge on any atom is 0.188 e. The molecule has 0 atom stereocenters. The molecule has 1 aromatic heterocycles. The third-order valence-electron chi connectivity index (χ3n) is 2.74. The molecule has 1 aromatic carbocycles. The van der Waals surface area contributed by atoms with Crippen LogP contribution < -0.4 is 11.1 Å². The summed E-state index contributed by atoms with van der Waals surface area (Å²) in [6.07, 6.45) is 1.49. The number of aliphatic imine (C=N–C) groups is 1. The zero-order valence-corrected chi connectivity index (χ0v) is 11.8. The molecule has 0 spiro atoms. The van der Waals surface area contributed by atoms with E-state index in [1.807, 2.05) is 24.3 Å². The molecule has 0 fully saturated rings. The van der Waals surface area contributed by atoms with E-state index < -0.39 is 0 Å². The van der Waals surface area contributed by atoms with Crippen LogP contribution >= 0.6 is 0 Å². The topological polar surface area (TPSA) is 92.0 Å². The summed E-state index contributed by atoms with van der Waals surface area (Å²) in [6.45, 7) is 5.62. The van der Waals surface area contributed by atoms with Gasteiger partial charge in [0, 0.05) is 12.1 Å². The van der Waals surface area contributed by atoms with Crippen LogP contribution in [0.25, 0.3) is 11.4 Å². The second-order valence-electron chi connectivity index (χ2n) is 5.01. The first-order valence-electron chi connectivity index (χ1n) is 6.63. The number of hydrogen-bond acceptors (Lipinski definition) is 3. The lowest BCUT2D eigenvalue weighted by Gasteiger charge is -2.08. The molecule has 0 saturated heterocycles. The van der Waals surface area contributed by atoms with E-state index in [1.165, 1.54) is 6.33 Å². The van der Waals surface area contributed by atoms with Crippen molar-refractivity contribution >= 4 is 5.96 Å². The number of aromatic amines is 1. The number of H-pyrrole nitrogens is 1. The van der Waals surface area contributed by atoms with Crippen LogP contribution in [-0.4, -0.2) is 27.7 Å². The number of guanidine groups is 1. The normalized spacial score (nSPS) is 11.8. The van der Waals surface area contributed by atoms with E-state index in [0.29, 0.717) is 18.4 Å². The Balaban J connectivity index is 2.00. The molecule has 0 amide bonds. The van der Waals surface area contributed by atoms with Crippen LogP contribution in [0.2, 0.25) is 0 Å². The quantitative estimate of drug-likeness (QED) is 0.568. The Kier molecular flexibility index (Phi) is 4.70. The number of rotatable bonds is 5. The summed E-state index contributed by atoms with van der Waals surface area (Å²) in [5.74, 6) is 1.77. The molecule has 106 valence electrons. The summed E-state index contributed by atoms with van der Waals surface area (Å²) in [6, 6.07) is 7.99. The Morgan fingerprint density at radius 3 is 3.00 bits per heavy atom. The van der Waals surface area contributed by atoms with E-state index in [-0.39, 0.29) is 0 Å². The average Bonchev–Trinajstić information content (AvgIpc) is 2.97. The monoisotopic (exact) mass is 272 g/mol. The fourth-order valence-corrected chi connectivity index (χ4v) is 1.70. The number of nitrogens with zero attached hydrogens (tertiary/aromatic N) is 3. The molecule has 20 heavy (non-hydrogen) atoms. The van der Waals surface area contributed by atoms with Gasteiger partial charge in [-0.25, -0.2) is 9.98 Å². The standard InChI is InChI=1S/C14H20N6/c1-10(2)7-16-14(15)17-8-11-4-3-5-12(6-11)13-18-9-19-20-13/h3-6,9-10H,7-8H2,1-2H3,(H3,15,16,17)(H,18,19,20). The van der Waals surface area contributed by atoms with Crippen molar-refractivity contribution < 1.29 is 0 Å². The first kappa shape index (κ1) is 14.0. The second-order valence-corrected chi connectivity index (χ2v) is 5.01. The molecule has 6 nitrogen and oxygen atoms in total. The largest absolute Gasteiger partial charge is 0.370 e. The van der Waals surface area contributed by atoms with Gasteiger partial charge in [0.25, 0.3) is 0 Å². The Morgan fingerprint density at radius 1 is 1.45 bits per heavy atom. The smallest absolute Gasteiger partial charge is 0.188 e. The van der Waals surface area contributed by atoms with Gasteiger partial charge >= 0.3 is 0 Å². The minimum absolute atomic E-state index is 0.476. The van der Waals surface area contributed by atoms with Crippen LogP contribution in [0.4, 0.5) is 0 Å². The van der Waals surface area contributed by atoms with Crippen molar-refractivity contribution in [3.05, 3.63) is 36.2 Å². The maximum atomic E-state index is 5.81. The molecular formula is C14H20N6. The van der Waals surface area contributed by atoms with Gasteiger partial charge in [-0.2, -0.15) is 5.10 Å². The molecular weight excluding hydrogens is 252 g/mol. The average molecular weight is 272 g/mol. The van der Waals surface area contributed by atoms with Gasteiger partial charge in [-0.05, 0) is 17.5 Å². The van der Waals surface area contributed by atoms with E-state index >= 15 is 0 Å². The fraction of sp³-hybridized carbons (Fsp3) is 0.357. The second kappa shape index (κ2) is 6.70. The lowest BCUT2D eigenvalue weighted by molar-refractivity contribution is 0.622. The number of aromatic nitrogens is 3. The molecule has 0 aliphatic heterocycles. The van der Waals surface area contributed by atoms with Crippen molar-refractivity contribution in [3.63, 3.8) is 0 Å². The van der Waals surface area contributed by atoms with Crippen molar-refractivity contribution in [2.24, 2.45) is 16.6 Å². The van der Waals surface area contributed by atoms with Gasteiger partial charge in [-0.3, -0.25) is 5.10 Å². The zero-order chi connectivity index (χ0) is 14.4. The molecule has 2 rings (SSSR count). The lowest BCUT2D eigenvalue weighted by atomic mass is 10.1. The zero-order valence-electron chi connectivity index (χ0n) is 11.8. The van der Waals surface area contributed by atoms with Crippen molar-refractivity contribution in [1.82, 2.24) is 20.5 Å². The number of nitrogens with one attached hydrogen (secondary N) is 2. The van der Waals surface area contributed by atoms with Crippen LogP contribution in [-0.2, 0) is 6.54 Å².